The van der Waals surface area contributed by atoms with Crippen molar-refractivity contribution in [2.24, 2.45) is 14.1 Å². The lowest BCUT2D eigenvalue weighted by atomic mass is 10.1. The first-order chi connectivity index (χ1) is 10.7. The SMILES string of the molecule is Cn1nc(-c2cc3ccccc3n2C)c2cc(C=O)ccc21. The Morgan fingerprint density at radius 1 is 1.00 bits per heavy atom. The zero-order valence-electron chi connectivity index (χ0n) is 12.4. The maximum absolute atomic E-state index is 11.1. The summed E-state index contributed by atoms with van der Waals surface area (Å²) >= 11 is 0. The number of hydrogen-bond acceptors (Lipinski definition) is 2. The number of nitrogens with zero attached hydrogens (tertiary/aromatic N) is 3. The van der Waals surface area contributed by atoms with Gasteiger partial charge in [0.15, 0.2) is 0 Å². The molecule has 0 aliphatic heterocycles. The summed E-state index contributed by atoms with van der Waals surface area (Å²) in [5.74, 6) is 0. The fraction of sp³-hybridized carbons (Fsp3) is 0.111. The Morgan fingerprint density at radius 2 is 1.82 bits per heavy atom. The number of aromatic nitrogens is 3. The molecule has 0 saturated carbocycles. The predicted molar refractivity (Wildman–Crippen MR) is 88.0 cm³/mol. The number of para-hydroxylation sites is 1. The molecule has 22 heavy (non-hydrogen) atoms. The summed E-state index contributed by atoms with van der Waals surface area (Å²) in [5, 5.41) is 6.86. The Labute approximate surface area is 127 Å². The minimum Gasteiger partial charge on any atom is -0.342 e. The molecular weight excluding hydrogens is 274 g/mol. The average Bonchev–Trinajstić information content (AvgIpc) is 3.05. The van der Waals surface area contributed by atoms with Crippen LogP contribution >= 0.6 is 0 Å². The van der Waals surface area contributed by atoms with Crippen molar-refractivity contribution in [3.05, 3.63) is 54.1 Å². The topological polar surface area (TPSA) is 39.8 Å². The van der Waals surface area contributed by atoms with Crippen LogP contribution in [0, 0.1) is 0 Å². The van der Waals surface area contributed by atoms with Gasteiger partial charge < -0.3 is 4.57 Å². The number of aldehydes is 1. The van der Waals surface area contributed by atoms with Crippen LogP contribution in [0.3, 0.4) is 0 Å². The Hall–Kier alpha value is -2.88. The molecule has 0 unspecified atom stereocenters. The van der Waals surface area contributed by atoms with Crippen molar-refractivity contribution in [3.8, 4) is 11.4 Å². The molecule has 0 aliphatic carbocycles. The van der Waals surface area contributed by atoms with Crippen LogP contribution in [0.5, 0.6) is 0 Å². The fourth-order valence-corrected chi connectivity index (χ4v) is 3.06. The third-order valence-electron chi connectivity index (χ3n) is 4.20. The molecule has 0 radical (unpaired) electrons. The Bertz CT molecular complexity index is 1020. The minimum atomic E-state index is 0.667. The lowest BCUT2D eigenvalue weighted by Gasteiger charge is -2.02. The summed E-state index contributed by atoms with van der Waals surface area (Å²) in [6.07, 6.45) is 0.873. The van der Waals surface area contributed by atoms with Crippen molar-refractivity contribution in [3.63, 3.8) is 0 Å². The molecule has 0 atom stereocenters. The van der Waals surface area contributed by atoms with Crippen LogP contribution in [0.2, 0.25) is 0 Å². The molecule has 0 fully saturated rings. The monoisotopic (exact) mass is 289 g/mol. The third-order valence-corrected chi connectivity index (χ3v) is 4.20. The van der Waals surface area contributed by atoms with E-state index in [2.05, 4.69) is 27.9 Å². The van der Waals surface area contributed by atoms with Gasteiger partial charge in [0.05, 0.1) is 11.2 Å². The Morgan fingerprint density at radius 3 is 2.59 bits per heavy atom. The lowest BCUT2D eigenvalue weighted by Crippen LogP contribution is -1.93. The van der Waals surface area contributed by atoms with Gasteiger partial charge in [0.1, 0.15) is 12.0 Å². The molecule has 0 saturated heterocycles. The highest BCUT2D eigenvalue weighted by atomic mass is 16.1. The fourth-order valence-electron chi connectivity index (χ4n) is 3.06. The first-order valence-corrected chi connectivity index (χ1v) is 7.16. The standard InChI is InChI=1S/C18H15N3O/c1-20-15-6-4-3-5-13(15)10-17(20)18-14-9-12(11-22)7-8-16(14)21(2)19-18/h3-11H,1-2H3. The van der Waals surface area contributed by atoms with Crippen molar-refractivity contribution in [2.45, 2.75) is 0 Å². The summed E-state index contributed by atoms with van der Waals surface area (Å²) in [6.45, 7) is 0. The van der Waals surface area contributed by atoms with Crippen molar-refractivity contribution in [1.29, 1.82) is 0 Å². The van der Waals surface area contributed by atoms with Gasteiger partial charge in [-0.3, -0.25) is 9.48 Å². The third kappa shape index (κ3) is 1.70. The first-order valence-electron chi connectivity index (χ1n) is 7.16. The summed E-state index contributed by atoms with van der Waals surface area (Å²) in [5.41, 5.74) is 4.81. The van der Waals surface area contributed by atoms with Crippen LogP contribution in [0.25, 0.3) is 33.2 Å². The van der Waals surface area contributed by atoms with Crippen LogP contribution in [0.4, 0.5) is 0 Å². The van der Waals surface area contributed by atoms with Gasteiger partial charge in [-0.1, -0.05) is 18.2 Å². The van der Waals surface area contributed by atoms with Crippen molar-refractivity contribution in [1.82, 2.24) is 14.3 Å². The zero-order chi connectivity index (χ0) is 15.3. The second kappa shape index (κ2) is 4.56. The van der Waals surface area contributed by atoms with Crippen LogP contribution < -0.4 is 0 Å². The molecule has 4 heteroatoms. The highest BCUT2D eigenvalue weighted by Crippen LogP contribution is 2.31. The Balaban J connectivity index is 2.07. The minimum absolute atomic E-state index is 0.667. The molecule has 0 aliphatic rings. The second-order valence-electron chi connectivity index (χ2n) is 5.51. The van der Waals surface area contributed by atoms with E-state index in [0.29, 0.717) is 5.56 Å². The van der Waals surface area contributed by atoms with E-state index in [1.54, 1.807) is 0 Å². The highest BCUT2D eigenvalue weighted by molar-refractivity contribution is 5.98. The molecule has 2 heterocycles. The van der Waals surface area contributed by atoms with Gasteiger partial charge in [-0.15, -0.1) is 0 Å². The zero-order valence-corrected chi connectivity index (χ0v) is 12.4. The molecule has 4 nitrogen and oxygen atoms in total. The van der Waals surface area contributed by atoms with Crippen molar-refractivity contribution >= 4 is 28.1 Å². The van der Waals surface area contributed by atoms with E-state index in [4.69, 9.17) is 0 Å². The maximum atomic E-state index is 11.1. The molecule has 2 aromatic carbocycles. The molecule has 0 spiro atoms. The van der Waals surface area contributed by atoms with Crippen LogP contribution in [0.15, 0.2) is 48.5 Å². The molecule has 0 amide bonds. The smallest absolute Gasteiger partial charge is 0.150 e. The van der Waals surface area contributed by atoms with Gasteiger partial charge in [0, 0.05) is 35.9 Å². The van der Waals surface area contributed by atoms with E-state index in [9.17, 15) is 4.79 Å². The Kier molecular flexibility index (Phi) is 2.66. The van der Waals surface area contributed by atoms with Gasteiger partial charge in [0.25, 0.3) is 0 Å². The number of fused-ring (bicyclic) bond motifs is 2. The molecule has 0 bridgehead atoms. The molecular formula is C18H15N3O. The van der Waals surface area contributed by atoms with E-state index in [1.807, 2.05) is 49.1 Å². The lowest BCUT2D eigenvalue weighted by molar-refractivity contribution is 0.112. The maximum Gasteiger partial charge on any atom is 0.150 e. The molecule has 4 rings (SSSR count). The number of rotatable bonds is 2. The van der Waals surface area contributed by atoms with E-state index in [1.165, 1.54) is 10.9 Å². The molecule has 2 aromatic heterocycles. The van der Waals surface area contributed by atoms with Gasteiger partial charge in [0.2, 0.25) is 0 Å². The number of hydrogen-bond donors (Lipinski definition) is 0. The molecule has 0 N–H and O–H groups in total. The van der Waals surface area contributed by atoms with Gasteiger partial charge >= 0.3 is 0 Å². The summed E-state index contributed by atoms with van der Waals surface area (Å²) in [7, 11) is 3.97. The normalized spacial score (nSPS) is 11.4. The van der Waals surface area contributed by atoms with Gasteiger partial charge in [-0.2, -0.15) is 5.10 Å². The van der Waals surface area contributed by atoms with Crippen molar-refractivity contribution in [2.75, 3.05) is 0 Å². The van der Waals surface area contributed by atoms with Gasteiger partial charge in [-0.05, 0) is 30.3 Å². The quantitative estimate of drug-likeness (QED) is 0.529. The summed E-state index contributed by atoms with van der Waals surface area (Å²) < 4.78 is 4.00. The van der Waals surface area contributed by atoms with Crippen LogP contribution in [0.1, 0.15) is 10.4 Å². The largest absolute Gasteiger partial charge is 0.342 e. The average molecular weight is 289 g/mol. The molecule has 4 aromatic rings. The summed E-state index contributed by atoms with van der Waals surface area (Å²) in [6, 6.07) is 16.1. The number of carbonyl (C=O) groups is 1. The number of aryl methyl sites for hydroxylation is 2. The highest BCUT2D eigenvalue weighted by Gasteiger charge is 2.15. The summed E-state index contributed by atoms with van der Waals surface area (Å²) in [4.78, 5) is 11.1. The van der Waals surface area contributed by atoms with E-state index < -0.39 is 0 Å². The number of carbonyl (C=O) groups excluding carboxylic acids is 1. The van der Waals surface area contributed by atoms with Crippen molar-refractivity contribution < 1.29 is 4.79 Å². The van der Waals surface area contributed by atoms with E-state index in [0.717, 1.165) is 28.6 Å². The van der Waals surface area contributed by atoms with Gasteiger partial charge in [-0.25, -0.2) is 0 Å². The van der Waals surface area contributed by atoms with Crippen LogP contribution in [-0.4, -0.2) is 20.6 Å². The predicted octanol–water partition coefficient (Wildman–Crippen LogP) is 3.54. The first kappa shape index (κ1) is 12.8. The van der Waals surface area contributed by atoms with E-state index >= 15 is 0 Å². The van der Waals surface area contributed by atoms with Crippen LogP contribution in [-0.2, 0) is 14.1 Å². The molecule has 108 valence electrons. The van der Waals surface area contributed by atoms with E-state index in [-0.39, 0.29) is 0 Å². The second-order valence-corrected chi connectivity index (χ2v) is 5.51. The number of benzene rings is 2.